The third-order valence-corrected chi connectivity index (χ3v) is 6.10. The molecule has 0 fully saturated rings. The van der Waals surface area contributed by atoms with Crippen molar-refractivity contribution in [3.63, 3.8) is 0 Å². The Kier molecular flexibility index (Phi) is 7.56. The SMILES string of the molecule is CCCNc1ccc(S(=O)(=O)N(C)C(C)CCSC)cc1. The maximum absolute atomic E-state index is 12.6. The molecule has 1 aromatic carbocycles. The standard InChI is InChI=1S/C15H26N2O2S2/c1-5-11-16-14-6-8-15(9-7-14)21(18,19)17(3)13(2)10-12-20-4/h6-9,13,16H,5,10-12H2,1-4H3. The summed E-state index contributed by atoms with van der Waals surface area (Å²) in [6.45, 7) is 4.93. The molecule has 0 amide bonds. The van der Waals surface area contributed by atoms with Crippen LogP contribution in [0, 0.1) is 0 Å². The lowest BCUT2D eigenvalue weighted by molar-refractivity contribution is 0.382. The molecule has 0 bridgehead atoms. The van der Waals surface area contributed by atoms with Crippen molar-refractivity contribution in [2.24, 2.45) is 0 Å². The van der Waals surface area contributed by atoms with Gasteiger partial charge in [-0.15, -0.1) is 0 Å². The van der Waals surface area contributed by atoms with Crippen LogP contribution in [-0.4, -0.2) is 44.4 Å². The summed E-state index contributed by atoms with van der Waals surface area (Å²) in [7, 11) is -1.75. The van der Waals surface area contributed by atoms with Crippen LogP contribution in [0.1, 0.15) is 26.7 Å². The number of hydrogen-bond acceptors (Lipinski definition) is 4. The first-order chi connectivity index (χ1) is 9.93. The molecule has 1 atom stereocenters. The third-order valence-electron chi connectivity index (χ3n) is 3.47. The van der Waals surface area contributed by atoms with Gasteiger partial charge in [-0.05, 0) is 56.0 Å². The van der Waals surface area contributed by atoms with Crippen molar-refractivity contribution < 1.29 is 8.42 Å². The molecule has 1 aromatic rings. The molecular formula is C15H26N2O2S2. The molecule has 0 heterocycles. The second-order valence-corrected chi connectivity index (χ2v) is 8.09. The summed E-state index contributed by atoms with van der Waals surface area (Å²) in [4.78, 5) is 0.350. The van der Waals surface area contributed by atoms with Gasteiger partial charge in [0.05, 0.1) is 4.90 Å². The lowest BCUT2D eigenvalue weighted by Crippen LogP contribution is -2.35. The molecule has 0 saturated heterocycles. The van der Waals surface area contributed by atoms with E-state index in [0.717, 1.165) is 30.8 Å². The lowest BCUT2D eigenvalue weighted by Gasteiger charge is -2.24. The number of hydrogen-bond donors (Lipinski definition) is 1. The number of nitrogens with zero attached hydrogens (tertiary/aromatic N) is 1. The highest BCUT2D eigenvalue weighted by Gasteiger charge is 2.24. The van der Waals surface area contributed by atoms with E-state index < -0.39 is 10.0 Å². The Labute approximate surface area is 133 Å². The molecule has 0 radical (unpaired) electrons. The maximum atomic E-state index is 12.6. The van der Waals surface area contributed by atoms with E-state index in [0.29, 0.717) is 4.90 Å². The monoisotopic (exact) mass is 330 g/mol. The van der Waals surface area contributed by atoms with E-state index in [2.05, 4.69) is 12.2 Å². The van der Waals surface area contributed by atoms with Crippen LogP contribution in [0.4, 0.5) is 5.69 Å². The molecule has 1 rings (SSSR count). The Morgan fingerprint density at radius 3 is 2.43 bits per heavy atom. The van der Waals surface area contributed by atoms with Gasteiger partial charge in [-0.3, -0.25) is 0 Å². The maximum Gasteiger partial charge on any atom is 0.243 e. The molecule has 1 unspecified atom stereocenters. The summed E-state index contributed by atoms with van der Waals surface area (Å²) in [5.41, 5.74) is 0.953. The Bertz CT molecular complexity index is 515. The highest BCUT2D eigenvalue weighted by molar-refractivity contribution is 7.98. The van der Waals surface area contributed by atoms with E-state index in [-0.39, 0.29) is 6.04 Å². The predicted octanol–water partition coefficient (Wildman–Crippen LogP) is 3.27. The predicted molar refractivity (Wildman–Crippen MR) is 92.6 cm³/mol. The lowest BCUT2D eigenvalue weighted by atomic mass is 10.3. The minimum absolute atomic E-state index is 0.000318. The normalized spacial score (nSPS) is 13.4. The van der Waals surface area contributed by atoms with Gasteiger partial charge in [0.25, 0.3) is 0 Å². The quantitative estimate of drug-likeness (QED) is 0.755. The molecule has 21 heavy (non-hydrogen) atoms. The Morgan fingerprint density at radius 2 is 1.90 bits per heavy atom. The number of thioether (sulfide) groups is 1. The van der Waals surface area contributed by atoms with Gasteiger partial charge < -0.3 is 5.32 Å². The Morgan fingerprint density at radius 1 is 1.29 bits per heavy atom. The minimum Gasteiger partial charge on any atom is -0.385 e. The zero-order valence-corrected chi connectivity index (χ0v) is 14.9. The van der Waals surface area contributed by atoms with Gasteiger partial charge in [0.15, 0.2) is 0 Å². The first-order valence-corrected chi connectivity index (χ1v) is 10.1. The van der Waals surface area contributed by atoms with Crippen LogP contribution in [0.25, 0.3) is 0 Å². The molecule has 0 aliphatic rings. The van der Waals surface area contributed by atoms with Crippen molar-refractivity contribution in [2.75, 3.05) is 30.9 Å². The summed E-state index contributed by atoms with van der Waals surface area (Å²) >= 11 is 1.73. The van der Waals surface area contributed by atoms with E-state index in [9.17, 15) is 8.42 Å². The van der Waals surface area contributed by atoms with Crippen LogP contribution >= 0.6 is 11.8 Å². The molecule has 120 valence electrons. The summed E-state index contributed by atoms with van der Waals surface area (Å²) < 4.78 is 26.6. The summed E-state index contributed by atoms with van der Waals surface area (Å²) in [6.07, 6.45) is 3.92. The van der Waals surface area contributed by atoms with Gasteiger partial charge in [0.1, 0.15) is 0 Å². The van der Waals surface area contributed by atoms with Crippen molar-refractivity contribution in [3.8, 4) is 0 Å². The van der Waals surface area contributed by atoms with Crippen molar-refractivity contribution >= 4 is 27.5 Å². The minimum atomic E-state index is -3.41. The highest BCUT2D eigenvalue weighted by Crippen LogP contribution is 2.20. The van der Waals surface area contributed by atoms with Crippen LogP contribution in [0.15, 0.2) is 29.2 Å². The molecular weight excluding hydrogens is 304 g/mol. The zero-order valence-electron chi connectivity index (χ0n) is 13.3. The number of nitrogens with one attached hydrogen (secondary N) is 1. The first-order valence-electron chi connectivity index (χ1n) is 7.24. The smallest absolute Gasteiger partial charge is 0.243 e. The number of rotatable bonds is 9. The number of benzene rings is 1. The fraction of sp³-hybridized carbons (Fsp3) is 0.600. The van der Waals surface area contributed by atoms with E-state index in [1.807, 2.05) is 25.3 Å². The average molecular weight is 331 g/mol. The van der Waals surface area contributed by atoms with Crippen LogP contribution in [0.5, 0.6) is 0 Å². The summed E-state index contributed by atoms with van der Waals surface area (Å²) in [6, 6.07) is 6.99. The van der Waals surface area contributed by atoms with Crippen LogP contribution in [-0.2, 0) is 10.0 Å². The third kappa shape index (κ3) is 5.20. The van der Waals surface area contributed by atoms with Gasteiger partial charge in [-0.1, -0.05) is 6.92 Å². The molecule has 4 nitrogen and oxygen atoms in total. The second kappa shape index (κ2) is 8.66. The molecule has 0 aromatic heterocycles. The largest absolute Gasteiger partial charge is 0.385 e. The number of sulfonamides is 1. The van der Waals surface area contributed by atoms with Gasteiger partial charge in [0, 0.05) is 25.3 Å². The average Bonchev–Trinajstić information content (AvgIpc) is 2.50. The van der Waals surface area contributed by atoms with Crippen molar-refractivity contribution in [1.29, 1.82) is 0 Å². The fourth-order valence-electron chi connectivity index (χ4n) is 1.89. The molecule has 1 N–H and O–H groups in total. The fourth-order valence-corrected chi connectivity index (χ4v) is 3.86. The Hall–Kier alpha value is -0.720. The van der Waals surface area contributed by atoms with Crippen LogP contribution in [0.3, 0.4) is 0 Å². The molecule has 6 heteroatoms. The first kappa shape index (κ1) is 18.3. The molecule has 0 aliphatic carbocycles. The second-order valence-electron chi connectivity index (χ2n) is 5.10. The van der Waals surface area contributed by atoms with Crippen molar-refractivity contribution in [3.05, 3.63) is 24.3 Å². The van der Waals surface area contributed by atoms with E-state index in [4.69, 9.17) is 0 Å². The molecule has 0 spiro atoms. The van der Waals surface area contributed by atoms with E-state index >= 15 is 0 Å². The molecule has 0 saturated carbocycles. The van der Waals surface area contributed by atoms with Crippen molar-refractivity contribution in [1.82, 2.24) is 4.31 Å². The highest BCUT2D eigenvalue weighted by atomic mass is 32.2. The van der Waals surface area contributed by atoms with E-state index in [1.54, 1.807) is 30.9 Å². The number of anilines is 1. The Balaban J connectivity index is 2.81. The topological polar surface area (TPSA) is 49.4 Å². The van der Waals surface area contributed by atoms with Crippen LogP contribution < -0.4 is 5.32 Å². The van der Waals surface area contributed by atoms with Gasteiger partial charge in [0.2, 0.25) is 10.0 Å². The van der Waals surface area contributed by atoms with Crippen LogP contribution in [0.2, 0.25) is 0 Å². The van der Waals surface area contributed by atoms with Gasteiger partial charge in [-0.25, -0.2) is 8.42 Å². The summed E-state index contributed by atoms with van der Waals surface area (Å²) in [5, 5.41) is 3.24. The molecule has 0 aliphatic heterocycles. The van der Waals surface area contributed by atoms with Crippen molar-refractivity contribution in [2.45, 2.75) is 37.6 Å². The van der Waals surface area contributed by atoms with E-state index in [1.165, 1.54) is 4.31 Å². The zero-order chi connectivity index (χ0) is 15.9. The summed E-state index contributed by atoms with van der Waals surface area (Å²) in [5.74, 6) is 0.959. The van der Waals surface area contributed by atoms with Gasteiger partial charge >= 0.3 is 0 Å². The van der Waals surface area contributed by atoms with Gasteiger partial charge in [-0.2, -0.15) is 16.1 Å².